The molecule has 0 radical (unpaired) electrons. The van der Waals surface area contributed by atoms with Crippen LogP contribution < -0.4 is 15.2 Å². The number of piperidine rings is 1. The van der Waals surface area contributed by atoms with Crippen molar-refractivity contribution in [2.45, 2.75) is 77.5 Å². The molecule has 11 heteroatoms. The summed E-state index contributed by atoms with van der Waals surface area (Å²) in [5.74, 6) is 1.20. The average Bonchev–Trinajstić information content (AvgIpc) is 3.42. The first-order chi connectivity index (χ1) is 19.6. The lowest BCUT2D eigenvalue weighted by atomic mass is 9.84. The normalized spacial score (nSPS) is 18.5. The Morgan fingerprint density at radius 3 is 2.66 bits per heavy atom. The molecule has 2 fully saturated rings. The third-order valence-corrected chi connectivity index (χ3v) is 9.00. The molecular weight excluding hydrogens is 540 g/mol. The summed E-state index contributed by atoms with van der Waals surface area (Å²) >= 11 is 1.43. The van der Waals surface area contributed by atoms with Crippen LogP contribution in [-0.4, -0.2) is 69.1 Å². The molecule has 0 bridgehead atoms. The van der Waals surface area contributed by atoms with E-state index in [0.717, 1.165) is 47.2 Å². The number of carbonyl (C=O) groups is 1. The van der Waals surface area contributed by atoms with E-state index in [4.69, 9.17) is 9.47 Å². The van der Waals surface area contributed by atoms with Gasteiger partial charge in [0.2, 0.25) is 0 Å². The molecule has 5 rings (SSSR count). The Balaban J connectivity index is 1.30. The Bertz CT molecular complexity index is 1410. The van der Waals surface area contributed by atoms with Crippen LogP contribution in [0.15, 0.2) is 41.6 Å². The van der Waals surface area contributed by atoms with E-state index >= 15 is 0 Å². The highest BCUT2D eigenvalue weighted by atomic mass is 32.1. The highest BCUT2D eigenvalue weighted by Crippen LogP contribution is 2.32. The van der Waals surface area contributed by atoms with Gasteiger partial charge < -0.3 is 23.8 Å². The van der Waals surface area contributed by atoms with Gasteiger partial charge in [-0.1, -0.05) is 17.8 Å². The molecule has 41 heavy (non-hydrogen) atoms. The van der Waals surface area contributed by atoms with Gasteiger partial charge in [-0.3, -0.25) is 9.78 Å². The number of carbonyl (C=O) groups excluding carboxylic acids is 1. The second-order valence-electron chi connectivity index (χ2n) is 12.0. The Morgan fingerprint density at radius 1 is 1.17 bits per heavy atom. The van der Waals surface area contributed by atoms with Crippen molar-refractivity contribution < 1.29 is 14.3 Å². The first-order valence-electron chi connectivity index (χ1n) is 14.4. The lowest BCUT2D eigenvalue weighted by Crippen LogP contribution is -2.53. The molecule has 1 saturated heterocycles. The number of hydrogen-bond acceptors (Lipinski definition) is 9. The lowest BCUT2D eigenvalue weighted by Gasteiger charge is -2.43. The summed E-state index contributed by atoms with van der Waals surface area (Å²) in [6.07, 6.45) is 10.4. The Hall–Kier alpha value is -3.47. The first-order valence-corrected chi connectivity index (χ1v) is 15.2. The number of aromatic nitrogens is 4. The Kier molecular flexibility index (Phi) is 8.63. The van der Waals surface area contributed by atoms with Gasteiger partial charge in [-0.05, 0) is 71.4 Å². The number of anilines is 1. The van der Waals surface area contributed by atoms with Gasteiger partial charge in [0.25, 0.3) is 5.56 Å². The minimum Gasteiger partial charge on any atom is -0.495 e. The molecule has 3 aromatic rings. The van der Waals surface area contributed by atoms with Crippen LogP contribution in [0, 0.1) is 5.92 Å². The second-order valence-corrected chi connectivity index (χ2v) is 13.0. The highest BCUT2D eigenvalue weighted by Gasteiger charge is 2.34. The van der Waals surface area contributed by atoms with Crippen LogP contribution in [0.5, 0.6) is 5.75 Å². The van der Waals surface area contributed by atoms with Gasteiger partial charge in [0.1, 0.15) is 21.4 Å². The zero-order valence-corrected chi connectivity index (χ0v) is 25.4. The summed E-state index contributed by atoms with van der Waals surface area (Å²) in [5, 5.41) is 10.1. The van der Waals surface area contributed by atoms with Crippen LogP contribution in [0.3, 0.4) is 0 Å². The van der Waals surface area contributed by atoms with Crippen molar-refractivity contribution in [1.29, 1.82) is 0 Å². The van der Waals surface area contributed by atoms with E-state index in [2.05, 4.69) is 20.1 Å². The van der Waals surface area contributed by atoms with Gasteiger partial charge >= 0.3 is 6.09 Å². The van der Waals surface area contributed by atoms with Crippen molar-refractivity contribution in [2.24, 2.45) is 5.92 Å². The Labute approximate surface area is 245 Å². The average molecular weight is 581 g/mol. The third kappa shape index (κ3) is 6.89. The molecule has 1 saturated carbocycles. The maximum Gasteiger partial charge on any atom is 0.410 e. The van der Waals surface area contributed by atoms with Crippen molar-refractivity contribution in [1.82, 2.24) is 24.6 Å². The molecular formula is C30H40N6O4S. The van der Waals surface area contributed by atoms with Crippen LogP contribution in [0.1, 0.15) is 70.8 Å². The molecule has 1 amide bonds. The lowest BCUT2D eigenvalue weighted by molar-refractivity contribution is 0.00736. The molecule has 2 aliphatic rings. The van der Waals surface area contributed by atoms with Crippen LogP contribution >= 0.6 is 11.3 Å². The van der Waals surface area contributed by atoms with Crippen molar-refractivity contribution in [2.75, 3.05) is 31.6 Å². The number of methoxy groups -OCH3 is 1. The summed E-state index contributed by atoms with van der Waals surface area (Å²) in [5.41, 5.74) is 1.05. The number of rotatable bonds is 8. The molecule has 3 aromatic heterocycles. The maximum absolute atomic E-state index is 13.3. The fourth-order valence-electron chi connectivity index (χ4n) is 5.37. The molecule has 1 aliphatic carbocycles. The summed E-state index contributed by atoms with van der Waals surface area (Å²) in [7, 11) is 1.60. The van der Waals surface area contributed by atoms with Gasteiger partial charge in [0, 0.05) is 49.3 Å². The van der Waals surface area contributed by atoms with Crippen molar-refractivity contribution in [3.05, 3.63) is 52.2 Å². The molecule has 4 heterocycles. The number of pyridine rings is 2. The molecule has 0 spiro atoms. The summed E-state index contributed by atoms with van der Waals surface area (Å²) in [6.45, 7) is 9.94. The second kappa shape index (κ2) is 12.2. The number of ether oxygens (including phenoxy) is 2. The van der Waals surface area contributed by atoms with Crippen LogP contribution in [-0.2, 0) is 4.74 Å². The van der Waals surface area contributed by atoms with Crippen molar-refractivity contribution in [3.8, 4) is 16.3 Å². The molecule has 220 valence electrons. The monoisotopic (exact) mass is 580 g/mol. The van der Waals surface area contributed by atoms with Gasteiger partial charge in [0.05, 0.1) is 25.4 Å². The summed E-state index contributed by atoms with van der Waals surface area (Å²) < 4.78 is 12.8. The quantitative estimate of drug-likeness (QED) is 0.350. The summed E-state index contributed by atoms with van der Waals surface area (Å²) in [4.78, 5) is 34.9. The van der Waals surface area contributed by atoms with Crippen molar-refractivity contribution >= 4 is 23.1 Å². The van der Waals surface area contributed by atoms with Gasteiger partial charge in [-0.15, -0.1) is 10.2 Å². The molecule has 0 N–H and O–H groups in total. The predicted molar refractivity (Wildman–Crippen MR) is 160 cm³/mol. The van der Waals surface area contributed by atoms with Gasteiger partial charge in [-0.25, -0.2) is 4.79 Å². The van der Waals surface area contributed by atoms with E-state index in [1.807, 2.05) is 50.9 Å². The fraction of sp³-hybridized carbons (Fsp3) is 0.567. The predicted octanol–water partition coefficient (Wildman–Crippen LogP) is 5.39. The molecule has 10 nitrogen and oxygen atoms in total. The largest absolute Gasteiger partial charge is 0.495 e. The number of amides is 1. The van der Waals surface area contributed by atoms with E-state index in [1.165, 1.54) is 30.6 Å². The fourth-order valence-corrected chi connectivity index (χ4v) is 6.25. The standard InChI is InChI=1S/C30H40N6O4S/c1-20(27-32-33-28(41-27)22-14-25(39-5)17-31-16-22)35-13-11-23(15-26(35)37)34-12-7-10-24(19-34)36(18-21-8-6-9-21)29(38)40-30(2,3)4/h11,13-17,20-21,24H,6-10,12,18-19H2,1-5H3/t20?,24-/m1/s1. The first kappa shape index (κ1) is 29.0. The number of nitrogens with zero attached hydrogens (tertiary/aromatic N) is 6. The van der Waals surface area contributed by atoms with E-state index in [9.17, 15) is 9.59 Å². The molecule has 1 unspecified atom stereocenters. The van der Waals surface area contributed by atoms with Crippen LogP contribution in [0.25, 0.3) is 10.6 Å². The van der Waals surface area contributed by atoms with E-state index < -0.39 is 5.60 Å². The van der Waals surface area contributed by atoms with Crippen LogP contribution in [0.4, 0.5) is 10.5 Å². The molecule has 1 aliphatic heterocycles. The topological polar surface area (TPSA) is 103 Å². The third-order valence-electron chi connectivity index (χ3n) is 7.85. The maximum atomic E-state index is 13.3. The molecule has 2 atom stereocenters. The van der Waals surface area contributed by atoms with E-state index in [1.54, 1.807) is 30.1 Å². The number of hydrogen-bond donors (Lipinski definition) is 0. The minimum atomic E-state index is -0.539. The van der Waals surface area contributed by atoms with E-state index in [0.29, 0.717) is 18.2 Å². The Morgan fingerprint density at radius 2 is 1.98 bits per heavy atom. The summed E-state index contributed by atoms with van der Waals surface area (Å²) in [6, 6.07) is 5.31. The smallest absolute Gasteiger partial charge is 0.410 e. The zero-order valence-electron chi connectivity index (χ0n) is 24.6. The van der Waals surface area contributed by atoms with E-state index in [-0.39, 0.29) is 23.7 Å². The van der Waals surface area contributed by atoms with Gasteiger partial charge in [0.15, 0.2) is 0 Å². The molecule has 0 aromatic carbocycles. The van der Waals surface area contributed by atoms with Crippen LogP contribution in [0.2, 0.25) is 0 Å². The highest BCUT2D eigenvalue weighted by molar-refractivity contribution is 7.14. The zero-order chi connectivity index (χ0) is 29.1. The SMILES string of the molecule is COc1cncc(-c2nnc(C(C)n3ccc(N4CCC[C@@H](N(CC5CCC5)C(=O)OC(C)(C)C)C4)cc3=O)s2)c1. The minimum absolute atomic E-state index is 0.0477. The van der Waals surface area contributed by atoms with Crippen molar-refractivity contribution in [3.63, 3.8) is 0 Å². The van der Waals surface area contributed by atoms with Gasteiger partial charge in [-0.2, -0.15) is 0 Å².